The Hall–Kier alpha value is -3.87. The van der Waals surface area contributed by atoms with Crippen molar-refractivity contribution in [3.63, 3.8) is 0 Å². The lowest BCUT2D eigenvalue weighted by molar-refractivity contribution is 0.0266. The predicted molar refractivity (Wildman–Crippen MR) is 194 cm³/mol. The van der Waals surface area contributed by atoms with Gasteiger partial charge in [0.05, 0.1) is 28.7 Å². The van der Waals surface area contributed by atoms with Crippen LogP contribution < -0.4 is 4.90 Å². The van der Waals surface area contributed by atoms with Gasteiger partial charge in [-0.1, -0.05) is 50.0 Å². The summed E-state index contributed by atoms with van der Waals surface area (Å²) >= 11 is 0. The lowest BCUT2D eigenvalue weighted by atomic mass is 9.78. The number of nitrogens with zero attached hydrogens (tertiary/aromatic N) is 7. The molecule has 4 aromatic rings. The van der Waals surface area contributed by atoms with Crippen LogP contribution in [0.15, 0.2) is 48.8 Å². The summed E-state index contributed by atoms with van der Waals surface area (Å²) in [5, 5.41) is 16.8. The molecule has 0 bridgehead atoms. The molecule has 1 unspecified atom stereocenters. The second-order valence-electron chi connectivity index (χ2n) is 16.0. The first-order valence-corrected chi connectivity index (χ1v) is 21.2. The van der Waals surface area contributed by atoms with Crippen LogP contribution in [0.2, 0.25) is 25.7 Å². The molecule has 2 fully saturated rings. The van der Waals surface area contributed by atoms with Crippen LogP contribution in [0.5, 0.6) is 0 Å². The zero-order chi connectivity index (χ0) is 35.0. The van der Waals surface area contributed by atoms with Crippen LogP contribution in [0.3, 0.4) is 0 Å². The number of aliphatic hydroxyl groups is 1. The summed E-state index contributed by atoms with van der Waals surface area (Å²) in [4.78, 5) is 31.9. The predicted octanol–water partition coefficient (Wildman–Crippen LogP) is 6.82. The molecule has 6 rings (SSSR count). The Kier molecular flexibility index (Phi) is 9.85. The maximum atomic E-state index is 12.9. The highest BCUT2D eigenvalue weighted by Crippen LogP contribution is 2.43. The number of likely N-dealkylation sites (tertiary alicyclic amines) is 1. The van der Waals surface area contributed by atoms with E-state index in [1.165, 1.54) is 0 Å². The molecule has 0 radical (unpaired) electrons. The number of benzene rings is 1. The number of pyridine rings is 1. The maximum absolute atomic E-state index is 12.9. The van der Waals surface area contributed by atoms with Crippen LogP contribution in [0, 0.1) is 12.3 Å². The number of rotatable bonds is 9. The van der Waals surface area contributed by atoms with E-state index in [4.69, 9.17) is 24.5 Å². The molecule has 3 aromatic heterocycles. The summed E-state index contributed by atoms with van der Waals surface area (Å²) < 4.78 is 13.5. The van der Waals surface area contributed by atoms with Crippen LogP contribution in [-0.2, 0) is 16.2 Å². The summed E-state index contributed by atoms with van der Waals surface area (Å²) in [5.41, 5.74) is 3.26. The quantitative estimate of drug-likeness (QED) is 0.150. The van der Waals surface area contributed by atoms with Gasteiger partial charge in [0.25, 0.3) is 0 Å². The molecule has 1 N–H and O–H groups in total. The Morgan fingerprint density at radius 3 is 2.47 bits per heavy atom. The van der Waals surface area contributed by atoms with E-state index >= 15 is 0 Å². The van der Waals surface area contributed by atoms with E-state index in [1.807, 2.05) is 79.9 Å². The summed E-state index contributed by atoms with van der Waals surface area (Å²) in [6.07, 6.45) is 5.43. The SMILES string of the molecule is Cc1nn(COCC[Si](C)(C)C)cc1-c1nc(N2CCC3(CCN(C(=O)OC(C)(C)C)C3)CC2)c2cc(C(O)c3ccccc3)ncc2n1. The molecule has 2 saturated heterocycles. The standard InChI is InChI=1S/C37H51N7O4Si/c1-26-29(23-44(41-26)25-47-19-20-49(5,6)7)33-39-31-22-38-30(32(45)27-11-9-8-10-12-27)21-28(31)34(40-33)42-16-13-37(14-17-42)15-18-43(24-37)35(46)48-36(2,3)4/h8-12,21-23,32,45H,13-20,24-25H2,1-7H3. The average molecular weight is 686 g/mol. The summed E-state index contributed by atoms with van der Waals surface area (Å²) in [6, 6.07) is 12.6. The van der Waals surface area contributed by atoms with E-state index in [0.717, 1.165) is 73.0 Å². The van der Waals surface area contributed by atoms with Crippen LogP contribution in [-0.4, -0.2) is 87.3 Å². The minimum atomic E-state index is -1.19. The monoisotopic (exact) mass is 685 g/mol. The normalized spacial score (nSPS) is 17.2. The van der Waals surface area contributed by atoms with E-state index < -0.39 is 19.8 Å². The third kappa shape index (κ3) is 8.30. The minimum absolute atomic E-state index is 0.0580. The Bertz CT molecular complexity index is 1780. The maximum Gasteiger partial charge on any atom is 0.410 e. The fourth-order valence-corrected chi connectivity index (χ4v) is 7.46. The van der Waals surface area contributed by atoms with Gasteiger partial charge in [-0.2, -0.15) is 5.10 Å². The molecule has 49 heavy (non-hydrogen) atoms. The van der Waals surface area contributed by atoms with E-state index in [1.54, 1.807) is 6.20 Å². The van der Waals surface area contributed by atoms with Crippen LogP contribution in [0.1, 0.15) is 63.1 Å². The summed E-state index contributed by atoms with van der Waals surface area (Å²) in [6.45, 7) is 18.8. The van der Waals surface area contributed by atoms with Gasteiger partial charge in [-0.15, -0.1) is 0 Å². The second kappa shape index (κ2) is 13.8. The van der Waals surface area contributed by atoms with Gasteiger partial charge in [0.1, 0.15) is 24.3 Å². The van der Waals surface area contributed by atoms with Crippen molar-refractivity contribution in [1.29, 1.82) is 0 Å². The first kappa shape index (κ1) is 35.0. The Balaban J connectivity index is 1.28. The Labute approximate surface area is 290 Å². The van der Waals surface area contributed by atoms with Crippen molar-refractivity contribution in [2.24, 2.45) is 5.41 Å². The zero-order valence-electron chi connectivity index (χ0n) is 30.1. The zero-order valence-corrected chi connectivity index (χ0v) is 31.1. The van der Waals surface area contributed by atoms with Gasteiger partial charge in [0, 0.05) is 52.4 Å². The van der Waals surface area contributed by atoms with Crippen LogP contribution >= 0.6 is 0 Å². The molecule has 262 valence electrons. The van der Waals surface area contributed by atoms with E-state index in [-0.39, 0.29) is 11.5 Å². The van der Waals surface area contributed by atoms with Gasteiger partial charge in [-0.05, 0) is 70.0 Å². The van der Waals surface area contributed by atoms with Gasteiger partial charge in [0.2, 0.25) is 0 Å². The summed E-state index contributed by atoms with van der Waals surface area (Å²) in [5.74, 6) is 1.41. The second-order valence-corrected chi connectivity index (χ2v) is 21.6. The van der Waals surface area contributed by atoms with Crippen molar-refractivity contribution in [2.75, 3.05) is 37.7 Å². The molecule has 1 amide bonds. The molecule has 1 atom stereocenters. The van der Waals surface area contributed by atoms with E-state index in [0.29, 0.717) is 36.9 Å². The van der Waals surface area contributed by atoms with Crippen molar-refractivity contribution >= 4 is 30.9 Å². The molecule has 12 heteroatoms. The van der Waals surface area contributed by atoms with Crippen LogP contribution in [0.25, 0.3) is 22.3 Å². The first-order valence-electron chi connectivity index (χ1n) is 17.4. The minimum Gasteiger partial charge on any atom is -0.444 e. The molecule has 0 saturated carbocycles. The number of hydrogen-bond donors (Lipinski definition) is 1. The lowest BCUT2D eigenvalue weighted by Gasteiger charge is -2.40. The fourth-order valence-electron chi connectivity index (χ4n) is 6.71. The van der Waals surface area contributed by atoms with Gasteiger partial charge in [-0.25, -0.2) is 19.4 Å². The number of aromatic nitrogens is 5. The highest BCUT2D eigenvalue weighted by Gasteiger charge is 2.43. The van der Waals surface area contributed by atoms with Crippen molar-refractivity contribution in [1.82, 2.24) is 29.6 Å². The topological polar surface area (TPSA) is 119 Å². The van der Waals surface area contributed by atoms with Crippen molar-refractivity contribution in [3.8, 4) is 11.4 Å². The molecule has 1 aromatic carbocycles. The van der Waals surface area contributed by atoms with Crippen molar-refractivity contribution in [3.05, 3.63) is 65.7 Å². The number of piperidine rings is 1. The van der Waals surface area contributed by atoms with Gasteiger partial charge in [-0.3, -0.25) is 4.98 Å². The van der Waals surface area contributed by atoms with Crippen molar-refractivity contribution in [2.45, 2.75) is 91.1 Å². The van der Waals surface area contributed by atoms with Crippen LogP contribution in [0.4, 0.5) is 10.6 Å². The molecule has 5 heterocycles. The Morgan fingerprint density at radius 1 is 1.06 bits per heavy atom. The third-order valence-corrected chi connectivity index (χ3v) is 11.3. The molecule has 2 aliphatic rings. The lowest BCUT2D eigenvalue weighted by Crippen LogP contribution is -2.43. The van der Waals surface area contributed by atoms with E-state index in [9.17, 15) is 9.90 Å². The average Bonchev–Trinajstić information content (AvgIpc) is 3.65. The fraction of sp³-hybridized carbons (Fsp3) is 0.541. The number of fused-ring (bicyclic) bond motifs is 1. The number of ether oxygens (including phenoxy) is 2. The highest BCUT2D eigenvalue weighted by atomic mass is 28.3. The smallest absolute Gasteiger partial charge is 0.410 e. The molecular weight excluding hydrogens is 635 g/mol. The third-order valence-electron chi connectivity index (χ3n) is 9.60. The van der Waals surface area contributed by atoms with Gasteiger partial charge < -0.3 is 24.4 Å². The molecular formula is C37H51N7O4Si. The number of aliphatic hydroxyl groups excluding tert-OH is 1. The number of hydrogen-bond acceptors (Lipinski definition) is 9. The molecule has 1 spiro atoms. The largest absolute Gasteiger partial charge is 0.444 e. The number of carbonyl (C=O) groups excluding carboxylic acids is 1. The molecule has 2 aliphatic heterocycles. The highest BCUT2D eigenvalue weighted by molar-refractivity contribution is 6.76. The number of anilines is 1. The number of carbonyl (C=O) groups is 1. The molecule has 11 nitrogen and oxygen atoms in total. The summed E-state index contributed by atoms with van der Waals surface area (Å²) in [7, 11) is -1.19. The first-order chi connectivity index (χ1) is 23.2. The van der Waals surface area contributed by atoms with Crippen molar-refractivity contribution < 1.29 is 19.4 Å². The molecule has 0 aliphatic carbocycles. The van der Waals surface area contributed by atoms with E-state index in [2.05, 4.69) is 29.5 Å². The number of aryl methyl sites for hydroxylation is 1. The van der Waals surface area contributed by atoms with Gasteiger partial charge in [0.15, 0.2) is 5.82 Å². The number of amides is 1. The van der Waals surface area contributed by atoms with Gasteiger partial charge >= 0.3 is 6.09 Å². The Morgan fingerprint density at radius 2 is 1.78 bits per heavy atom.